The molecule has 2 rings (SSSR count). The quantitative estimate of drug-likeness (QED) is 0.608. The molecule has 0 N–H and O–H groups in total. The lowest BCUT2D eigenvalue weighted by molar-refractivity contribution is 0.0814. The van der Waals surface area contributed by atoms with Crippen LogP contribution in [0.4, 0.5) is 0 Å². The minimum atomic E-state index is -0.610. The summed E-state index contributed by atoms with van der Waals surface area (Å²) in [5, 5.41) is 0. The Bertz CT molecular complexity index is 561. The number of carbonyl (C=O) groups is 2. The first-order valence-corrected chi connectivity index (χ1v) is 5.36. The van der Waals surface area contributed by atoms with Crippen LogP contribution in [0.2, 0.25) is 0 Å². The third kappa shape index (κ3) is 2.43. The van der Waals surface area contributed by atoms with Gasteiger partial charge in [-0.05, 0) is 36.4 Å². The van der Waals surface area contributed by atoms with E-state index in [0.717, 1.165) is 0 Å². The van der Waals surface area contributed by atoms with Gasteiger partial charge in [0.1, 0.15) is 11.4 Å². The number of hydrogen-bond acceptors (Lipinski definition) is 4. The van der Waals surface area contributed by atoms with Crippen LogP contribution in [0.3, 0.4) is 0 Å². The summed E-state index contributed by atoms with van der Waals surface area (Å²) in [6.07, 6.45) is 1.48. The second-order valence-electron chi connectivity index (χ2n) is 3.60. The first kappa shape index (κ1) is 12.0. The van der Waals surface area contributed by atoms with Gasteiger partial charge in [-0.15, -0.1) is 0 Å². The fourth-order valence-electron chi connectivity index (χ4n) is 1.49. The number of benzene rings is 1. The molecular weight excluding hydrogens is 230 g/mol. The number of nitrogens with zero attached hydrogens (tertiary/aromatic N) is 1. The molecule has 0 radical (unpaired) electrons. The Labute approximate surface area is 104 Å². The van der Waals surface area contributed by atoms with E-state index in [1.54, 1.807) is 36.4 Å². The van der Waals surface area contributed by atoms with Crippen molar-refractivity contribution in [3.05, 3.63) is 59.9 Å². The number of pyridine rings is 1. The Morgan fingerprint density at radius 2 is 1.72 bits per heavy atom. The molecule has 4 heteroatoms. The summed E-state index contributed by atoms with van der Waals surface area (Å²) < 4.78 is 4.99. The number of Topliss-reactive ketones (excluding diaryl/α,β-unsaturated/α-hetero) is 2. The van der Waals surface area contributed by atoms with Gasteiger partial charge in [0, 0.05) is 11.8 Å². The highest BCUT2D eigenvalue weighted by Crippen LogP contribution is 2.13. The molecule has 0 unspecified atom stereocenters. The summed E-state index contributed by atoms with van der Waals surface area (Å²) in [4.78, 5) is 27.6. The predicted molar refractivity (Wildman–Crippen MR) is 65.9 cm³/mol. The van der Waals surface area contributed by atoms with E-state index >= 15 is 0 Å². The number of ketones is 2. The number of rotatable bonds is 4. The lowest BCUT2D eigenvalue weighted by Crippen LogP contribution is -2.15. The number of aromatic nitrogens is 1. The summed E-state index contributed by atoms with van der Waals surface area (Å²) in [5.41, 5.74) is 0.477. The molecule has 2 aromatic rings. The van der Waals surface area contributed by atoms with Crippen molar-refractivity contribution in [1.82, 2.24) is 4.98 Å². The molecule has 0 saturated carbocycles. The molecule has 0 aliphatic carbocycles. The van der Waals surface area contributed by atoms with E-state index in [2.05, 4.69) is 4.98 Å². The molecular formula is C14H11NO3. The van der Waals surface area contributed by atoms with Crippen molar-refractivity contribution in [2.24, 2.45) is 0 Å². The van der Waals surface area contributed by atoms with Gasteiger partial charge in [-0.2, -0.15) is 0 Å². The molecule has 1 aromatic carbocycles. The largest absolute Gasteiger partial charge is 0.497 e. The van der Waals surface area contributed by atoms with Crippen LogP contribution in [0.1, 0.15) is 20.8 Å². The number of carbonyl (C=O) groups excluding carboxylic acids is 2. The van der Waals surface area contributed by atoms with E-state index in [9.17, 15) is 9.59 Å². The molecule has 0 spiro atoms. The van der Waals surface area contributed by atoms with Crippen molar-refractivity contribution < 1.29 is 14.3 Å². The van der Waals surface area contributed by atoms with Crippen LogP contribution in [0.25, 0.3) is 0 Å². The molecule has 0 atom stereocenters. The van der Waals surface area contributed by atoms with E-state index in [-0.39, 0.29) is 5.69 Å². The lowest BCUT2D eigenvalue weighted by Gasteiger charge is -2.02. The van der Waals surface area contributed by atoms with Crippen molar-refractivity contribution in [1.29, 1.82) is 0 Å². The Hall–Kier alpha value is -2.49. The molecule has 1 heterocycles. The highest BCUT2D eigenvalue weighted by atomic mass is 16.5. The van der Waals surface area contributed by atoms with Crippen LogP contribution in [0.5, 0.6) is 5.75 Å². The average molecular weight is 241 g/mol. The number of hydrogen-bond donors (Lipinski definition) is 0. The highest BCUT2D eigenvalue weighted by molar-refractivity contribution is 6.48. The van der Waals surface area contributed by atoms with Gasteiger partial charge in [0.2, 0.25) is 5.78 Å². The molecule has 18 heavy (non-hydrogen) atoms. The Morgan fingerprint density at radius 3 is 2.28 bits per heavy atom. The monoisotopic (exact) mass is 241 g/mol. The van der Waals surface area contributed by atoms with Crippen LogP contribution in [0.15, 0.2) is 48.7 Å². The Balaban J connectivity index is 2.23. The number of methoxy groups -OCH3 is 1. The second-order valence-corrected chi connectivity index (χ2v) is 3.60. The van der Waals surface area contributed by atoms with Crippen LogP contribution >= 0.6 is 0 Å². The first-order valence-electron chi connectivity index (χ1n) is 5.36. The van der Waals surface area contributed by atoms with E-state index in [0.29, 0.717) is 11.3 Å². The van der Waals surface area contributed by atoms with Crippen molar-refractivity contribution in [3.63, 3.8) is 0 Å². The molecule has 4 nitrogen and oxygen atoms in total. The van der Waals surface area contributed by atoms with E-state index < -0.39 is 11.6 Å². The number of ether oxygens (including phenoxy) is 1. The zero-order chi connectivity index (χ0) is 13.0. The van der Waals surface area contributed by atoms with Gasteiger partial charge in [-0.1, -0.05) is 6.07 Å². The van der Waals surface area contributed by atoms with E-state index in [1.807, 2.05) is 0 Å². The molecule has 0 saturated heterocycles. The van der Waals surface area contributed by atoms with Gasteiger partial charge in [0.15, 0.2) is 0 Å². The van der Waals surface area contributed by atoms with E-state index in [1.165, 1.54) is 19.4 Å². The standard InChI is InChI=1S/C14H11NO3/c1-18-11-7-5-10(6-8-11)13(16)14(17)12-4-2-3-9-15-12/h2-9H,1H3. The van der Waals surface area contributed by atoms with E-state index in [4.69, 9.17) is 4.74 Å². The fourth-order valence-corrected chi connectivity index (χ4v) is 1.49. The molecule has 1 aromatic heterocycles. The third-order valence-electron chi connectivity index (χ3n) is 2.46. The third-order valence-corrected chi connectivity index (χ3v) is 2.46. The van der Waals surface area contributed by atoms with Gasteiger partial charge in [0.05, 0.1) is 7.11 Å². The molecule has 90 valence electrons. The molecule has 0 amide bonds. The molecule has 0 bridgehead atoms. The maximum absolute atomic E-state index is 11.9. The normalized spacial score (nSPS) is 9.83. The minimum absolute atomic E-state index is 0.151. The van der Waals surface area contributed by atoms with Crippen molar-refractivity contribution in [2.75, 3.05) is 7.11 Å². The van der Waals surface area contributed by atoms with Gasteiger partial charge in [0.25, 0.3) is 5.78 Å². The molecule has 0 aliphatic heterocycles. The van der Waals surface area contributed by atoms with Gasteiger partial charge in [-0.3, -0.25) is 14.6 Å². The van der Waals surface area contributed by atoms with Crippen molar-refractivity contribution in [2.45, 2.75) is 0 Å². The first-order chi connectivity index (χ1) is 8.72. The van der Waals surface area contributed by atoms with Crippen LogP contribution in [-0.4, -0.2) is 23.7 Å². The second kappa shape index (κ2) is 5.23. The molecule has 0 aliphatic rings. The van der Waals surface area contributed by atoms with Gasteiger partial charge < -0.3 is 4.74 Å². The fraction of sp³-hybridized carbons (Fsp3) is 0.0714. The lowest BCUT2D eigenvalue weighted by atomic mass is 10.1. The molecule has 0 fully saturated rings. The SMILES string of the molecule is COc1ccc(C(=O)C(=O)c2ccccn2)cc1. The van der Waals surface area contributed by atoms with Gasteiger partial charge in [-0.25, -0.2) is 0 Å². The van der Waals surface area contributed by atoms with Crippen LogP contribution in [-0.2, 0) is 0 Å². The summed E-state index contributed by atoms with van der Waals surface area (Å²) >= 11 is 0. The van der Waals surface area contributed by atoms with Crippen LogP contribution < -0.4 is 4.74 Å². The summed E-state index contributed by atoms with van der Waals surface area (Å²) in [5.74, 6) is -0.547. The topological polar surface area (TPSA) is 56.3 Å². The van der Waals surface area contributed by atoms with Crippen LogP contribution in [0, 0.1) is 0 Å². The van der Waals surface area contributed by atoms with Crippen molar-refractivity contribution >= 4 is 11.6 Å². The predicted octanol–water partition coefficient (Wildman–Crippen LogP) is 2.16. The maximum Gasteiger partial charge on any atom is 0.251 e. The smallest absolute Gasteiger partial charge is 0.251 e. The Kier molecular flexibility index (Phi) is 3.48. The summed E-state index contributed by atoms with van der Waals surface area (Å²) in [7, 11) is 1.54. The summed E-state index contributed by atoms with van der Waals surface area (Å²) in [6.45, 7) is 0. The minimum Gasteiger partial charge on any atom is -0.497 e. The Morgan fingerprint density at radius 1 is 1.00 bits per heavy atom. The summed E-state index contributed by atoms with van der Waals surface area (Å²) in [6, 6.07) is 11.3. The maximum atomic E-state index is 11.9. The zero-order valence-corrected chi connectivity index (χ0v) is 9.79. The average Bonchev–Trinajstić information content (AvgIpc) is 2.47. The highest BCUT2D eigenvalue weighted by Gasteiger charge is 2.18. The van der Waals surface area contributed by atoms with Crippen molar-refractivity contribution in [3.8, 4) is 5.75 Å². The van der Waals surface area contributed by atoms with Gasteiger partial charge >= 0.3 is 0 Å². The zero-order valence-electron chi connectivity index (χ0n) is 9.79.